The van der Waals surface area contributed by atoms with Crippen molar-refractivity contribution in [3.8, 4) is 11.5 Å². The zero-order chi connectivity index (χ0) is 26.7. The molecular formula is C25H28Cl2N2O6S. The highest BCUT2D eigenvalue weighted by atomic mass is 35.5. The summed E-state index contributed by atoms with van der Waals surface area (Å²) < 4.78 is 11.0. The number of benzene rings is 2. The molecule has 0 radical (unpaired) electrons. The maximum Gasteiger partial charge on any atom is 0.328 e. The molecule has 1 saturated heterocycles. The molecule has 1 heterocycles. The van der Waals surface area contributed by atoms with Crippen LogP contribution in [-0.2, 0) is 14.4 Å². The molecule has 2 atom stereocenters. The van der Waals surface area contributed by atoms with E-state index in [4.69, 9.17) is 32.7 Å². The van der Waals surface area contributed by atoms with Crippen LogP contribution in [0.1, 0.15) is 27.7 Å². The number of hydrogen-bond acceptors (Lipinski definition) is 6. The molecule has 194 valence electrons. The van der Waals surface area contributed by atoms with Crippen LogP contribution in [0, 0.1) is 5.92 Å². The Bertz CT molecular complexity index is 1110. The molecule has 1 fully saturated rings. The smallest absolute Gasteiger partial charge is 0.328 e. The Balaban J connectivity index is 2.01. The van der Waals surface area contributed by atoms with Crippen molar-refractivity contribution in [3.05, 3.63) is 58.6 Å². The Kier molecular flexibility index (Phi) is 8.69. The van der Waals surface area contributed by atoms with Gasteiger partial charge in [0, 0.05) is 20.7 Å². The monoisotopic (exact) mass is 554 g/mol. The number of carbonyl (C=O) groups is 3. The second-order valence-electron chi connectivity index (χ2n) is 9.09. The van der Waals surface area contributed by atoms with Gasteiger partial charge in [0.05, 0.1) is 6.54 Å². The summed E-state index contributed by atoms with van der Waals surface area (Å²) in [5.41, 5.74) is 0. The number of nitrogens with one attached hydrogen (secondary N) is 1. The van der Waals surface area contributed by atoms with Crippen molar-refractivity contribution in [2.24, 2.45) is 5.92 Å². The number of thioether (sulfide) groups is 1. The number of hydrogen-bond donors (Lipinski definition) is 2. The van der Waals surface area contributed by atoms with Crippen LogP contribution < -0.4 is 14.8 Å². The van der Waals surface area contributed by atoms with Crippen LogP contribution >= 0.6 is 35.0 Å². The highest BCUT2D eigenvalue weighted by Crippen LogP contribution is 2.52. The first-order chi connectivity index (χ1) is 16.8. The summed E-state index contributed by atoms with van der Waals surface area (Å²) in [5, 5.41) is 12.4. The van der Waals surface area contributed by atoms with Gasteiger partial charge in [-0.05, 0) is 62.4 Å². The van der Waals surface area contributed by atoms with Crippen LogP contribution in [-0.4, -0.2) is 56.8 Å². The van der Waals surface area contributed by atoms with Gasteiger partial charge in [0.1, 0.15) is 17.5 Å². The van der Waals surface area contributed by atoms with Gasteiger partial charge in [-0.3, -0.25) is 14.5 Å². The quantitative estimate of drug-likeness (QED) is 0.463. The third-order valence-electron chi connectivity index (χ3n) is 5.49. The lowest BCUT2D eigenvalue weighted by Gasteiger charge is -2.39. The van der Waals surface area contributed by atoms with Crippen LogP contribution in [0.2, 0.25) is 10.0 Å². The summed E-state index contributed by atoms with van der Waals surface area (Å²) in [7, 11) is 0. The lowest BCUT2D eigenvalue weighted by Crippen LogP contribution is -2.62. The largest absolute Gasteiger partial charge is 0.484 e. The van der Waals surface area contributed by atoms with Crippen molar-refractivity contribution >= 4 is 52.7 Å². The molecule has 1 aliphatic rings. The molecule has 0 saturated carbocycles. The minimum Gasteiger partial charge on any atom is -0.484 e. The summed E-state index contributed by atoms with van der Waals surface area (Å²) in [6.45, 7) is 6.29. The SMILES string of the molecule is CC(C)C(=O)NCC1(Oc2ccc(Cl)cc2)SC(C)(C)C(C(=O)O)N1C(=O)COc1ccc(Cl)cc1. The van der Waals surface area contributed by atoms with E-state index in [2.05, 4.69) is 5.32 Å². The van der Waals surface area contributed by atoms with E-state index in [0.717, 1.165) is 16.7 Å². The Morgan fingerprint density at radius 1 is 1.03 bits per heavy atom. The van der Waals surface area contributed by atoms with Crippen LogP contribution in [0.5, 0.6) is 11.5 Å². The zero-order valence-corrected chi connectivity index (χ0v) is 22.6. The fraction of sp³-hybridized carbons (Fsp3) is 0.400. The molecule has 2 amide bonds. The number of carbonyl (C=O) groups excluding carboxylic acids is 2. The van der Waals surface area contributed by atoms with E-state index in [1.54, 1.807) is 76.2 Å². The lowest BCUT2D eigenvalue weighted by atomic mass is 10.0. The maximum absolute atomic E-state index is 13.6. The highest BCUT2D eigenvalue weighted by molar-refractivity contribution is 8.02. The summed E-state index contributed by atoms with van der Waals surface area (Å²) in [6, 6.07) is 11.6. The number of ether oxygens (including phenoxy) is 2. The fourth-order valence-corrected chi connectivity index (χ4v) is 5.81. The average molecular weight is 555 g/mol. The average Bonchev–Trinajstić information content (AvgIpc) is 3.05. The van der Waals surface area contributed by atoms with Crippen LogP contribution in [0.3, 0.4) is 0 Å². The van der Waals surface area contributed by atoms with Gasteiger partial charge in [0.15, 0.2) is 6.61 Å². The Morgan fingerprint density at radius 2 is 1.56 bits per heavy atom. The van der Waals surface area contributed by atoms with E-state index < -0.39 is 34.3 Å². The van der Waals surface area contributed by atoms with Crippen LogP contribution in [0.15, 0.2) is 48.5 Å². The molecular weight excluding hydrogens is 527 g/mol. The summed E-state index contributed by atoms with van der Waals surface area (Å²) in [4.78, 5) is 39.7. The van der Waals surface area contributed by atoms with Gasteiger partial charge >= 0.3 is 5.97 Å². The van der Waals surface area contributed by atoms with Crippen molar-refractivity contribution in [1.29, 1.82) is 0 Å². The standard InChI is InChI=1S/C25H28Cl2N2O6S/c1-15(2)22(31)28-14-25(35-19-11-7-17(27)8-12-19)29(21(23(32)33)24(3,4)36-25)20(30)13-34-18-9-5-16(26)6-10-18/h5-12,15,21H,13-14H2,1-4H3,(H,28,31)(H,32,33). The van der Waals surface area contributed by atoms with E-state index >= 15 is 0 Å². The van der Waals surface area contributed by atoms with E-state index in [0.29, 0.717) is 21.5 Å². The summed E-state index contributed by atoms with van der Waals surface area (Å²) in [5.74, 6) is -1.68. The molecule has 8 nitrogen and oxygen atoms in total. The first kappa shape index (κ1) is 28.0. The zero-order valence-electron chi connectivity index (χ0n) is 20.3. The van der Waals surface area contributed by atoms with Gasteiger partial charge < -0.3 is 19.9 Å². The Labute approximate surface area is 224 Å². The number of halogens is 2. The Morgan fingerprint density at radius 3 is 2.06 bits per heavy atom. The van der Waals surface area contributed by atoms with Gasteiger partial charge in [0.25, 0.3) is 11.0 Å². The number of amides is 2. The van der Waals surface area contributed by atoms with Gasteiger partial charge in [-0.25, -0.2) is 4.79 Å². The normalized spacial score (nSPS) is 20.8. The molecule has 3 rings (SSSR count). The van der Waals surface area contributed by atoms with E-state index in [-0.39, 0.29) is 18.4 Å². The second-order valence-corrected chi connectivity index (χ2v) is 11.9. The topological polar surface area (TPSA) is 105 Å². The molecule has 0 spiro atoms. The lowest BCUT2D eigenvalue weighted by molar-refractivity contribution is -0.161. The molecule has 36 heavy (non-hydrogen) atoms. The van der Waals surface area contributed by atoms with E-state index in [9.17, 15) is 19.5 Å². The predicted octanol–water partition coefficient (Wildman–Crippen LogP) is 4.68. The minimum atomic E-state index is -1.58. The molecule has 0 bridgehead atoms. The van der Waals surface area contributed by atoms with Crippen LogP contribution in [0.25, 0.3) is 0 Å². The van der Waals surface area contributed by atoms with E-state index in [1.807, 2.05) is 0 Å². The fourth-order valence-electron chi connectivity index (χ4n) is 3.83. The first-order valence-electron chi connectivity index (χ1n) is 11.2. The molecule has 2 unspecified atom stereocenters. The van der Waals surface area contributed by atoms with Crippen molar-refractivity contribution < 1.29 is 29.0 Å². The summed E-state index contributed by atoms with van der Waals surface area (Å²) in [6.07, 6.45) is 0. The van der Waals surface area contributed by atoms with Gasteiger partial charge in [-0.15, -0.1) is 0 Å². The van der Waals surface area contributed by atoms with Crippen molar-refractivity contribution in [2.75, 3.05) is 13.2 Å². The molecule has 2 aromatic rings. The third-order valence-corrected chi connectivity index (χ3v) is 7.48. The van der Waals surface area contributed by atoms with Gasteiger partial charge in [-0.1, -0.05) is 48.8 Å². The Hall–Kier alpha value is -2.62. The molecule has 0 aromatic heterocycles. The number of carboxylic acid groups (broad SMARTS) is 1. The molecule has 2 aromatic carbocycles. The molecule has 2 N–H and O–H groups in total. The van der Waals surface area contributed by atoms with Gasteiger partial charge in [0.2, 0.25) is 5.91 Å². The number of nitrogens with zero attached hydrogens (tertiary/aromatic N) is 1. The third kappa shape index (κ3) is 6.38. The van der Waals surface area contributed by atoms with Gasteiger partial charge in [-0.2, -0.15) is 0 Å². The highest BCUT2D eigenvalue weighted by Gasteiger charge is 2.63. The number of rotatable bonds is 9. The number of carboxylic acids is 1. The maximum atomic E-state index is 13.6. The molecule has 0 aliphatic carbocycles. The van der Waals surface area contributed by atoms with E-state index in [1.165, 1.54) is 0 Å². The number of aliphatic carboxylic acids is 1. The van der Waals surface area contributed by atoms with Crippen molar-refractivity contribution in [1.82, 2.24) is 10.2 Å². The first-order valence-corrected chi connectivity index (χ1v) is 12.8. The van der Waals surface area contributed by atoms with Crippen molar-refractivity contribution in [2.45, 2.75) is 43.5 Å². The minimum absolute atomic E-state index is 0.156. The molecule has 1 aliphatic heterocycles. The molecule has 11 heteroatoms. The summed E-state index contributed by atoms with van der Waals surface area (Å²) >= 11 is 13.1. The van der Waals surface area contributed by atoms with Crippen LogP contribution in [0.4, 0.5) is 0 Å². The predicted molar refractivity (Wildman–Crippen MR) is 140 cm³/mol. The van der Waals surface area contributed by atoms with Crippen molar-refractivity contribution in [3.63, 3.8) is 0 Å². The second kappa shape index (κ2) is 11.2.